The molecule has 2 aromatic rings. The first-order chi connectivity index (χ1) is 11.1. The van der Waals surface area contributed by atoms with Gasteiger partial charge in [-0.15, -0.1) is 10.2 Å². The Labute approximate surface area is 137 Å². The van der Waals surface area contributed by atoms with Gasteiger partial charge in [0.25, 0.3) is 0 Å². The number of hydrogen-bond acceptors (Lipinski definition) is 5. The van der Waals surface area contributed by atoms with E-state index >= 15 is 0 Å². The number of rotatable bonds is 5. The molecule has 126 valence electrons. The molecule has 3 heterocycles. The van der Waals surface area contributed by atoms with Crippen LogP contribution in [0, 0.1) is 13.8 Å². The predicted octanol–water partition coefficient (Wildman–Crippen LogP) is 1.70. The summed E-state index contributed by atoms with van der Waals surface area (Å²) in [5, 5.41) is 12.9. The molecule has 1 aliphatic rings. The highest BCUT2D eigenvalue weighted by atomic mass is 16.5. The lowest BCUT2D eigenvalue weighted by molar-refractivity contribution is -0.0389. The van der Waals surface area contributed by atoms with E-state index in [1.807, 2.05) is 0 Å². The lowest BCUT2D eigenvalue weighted by atomic mass is 10.1. The molecule has 0 unspecified atom stereocenters. The van der Waals surface area contributed by atoms with Crippen LogP contribution in [0.1, 0.15) is 42.7 Å². The Morgan fingerprint density at radius 1 is 1.26 bits per heavy atom. The third-order valence-corrected chi connectivity index (χ3v) is 4.64. The average molecular weight is 318 g/mol. The standard InChI is InChI=1S/C16H26N6O/c1-5-21-11-17-18-16(21)15-10-20(7-8-23-15)9-14-12(3)19-22(6-2)13(14)4/h11,15H,5-10H2,1-4H3/t15-/m0/s1. The highest BCUT2D eigenvalue weighted by Crippen LogP contribution is 2.23. The molecule has 7 nitrogen and oxygen atoms in total. The SMILES string of the molecule is CCn1cnnc1[C@@H]1CN(Cc2c(C)nn(CC)c2C)CCO1. The van der Waals surface area contributed by atoms with Gasteiger partial charge >= 0.3 is 0 Å². The molecule has 2 aromatic heterocycles. The predicted molar refractivity (Wildman–Crippen MR) is 87.0 cm³/mol. The number of aryl methyl sites for hydroxylation is 3. The molecular weight excluding hydrogens is 292 g/mol. The number of nitrogens with zero attached hydrogens (tertiary/aromatic N) is 6. The molecule has 1 atom stereocenters. The van der Waals surface area contributed by atoms with Gasteiger partial charge in [0, 0.05) is 44.0 Å². The normalized spacial score (nSPS) is 19.4. The fraction of sp³-hybridized carbons (Fsp3) is 0.688. The number of ether oxygens (including phenoxy) is 1. The highest BCUT2D eigenvalue weighted by Gasteiger charge is 2.27. The van der Waals surface area contributed by atoms with Gasteiger partial charge in [-0.2, -0.15) is 5.10 Å². The summed E-state index contributed by atoms with van der Waals surface area (Å²) in [7, 11) is 0. The first kappa shape index (κ1) is 16.1. The zero-order valence-corrected chi connectivity index (χ0v) is 14.5. The van der Waals surface area contributed by atoms with E-state index in [9.17, 15) is 0 Å². The van der Waals surface area contributed by atoms with Crippen LogP contribution >= 0.6 is 0 Å². The molecule has 1 fully saturated rings. The van der Waals surface area contributed by atoms with Crippen LogP contribution < -0.4 is 0 Å². The Bertz CT molecular complexity index is 662. The molecule has 0 spiro atoms. The van der Waals surface area contributed by atoms with Crippen LogP contribution in [-0.2, 0) is 24.4 Å². The quantitative estimate of drug-likeness (QED) is 0.840. The van der Waals surface area contributed by atoms with Crippen LogP contribution in [-0.4, -0.2) is 49.1 Å². The van der Waals surface area contributed by atoms with Crippen LogP contribution in [0.25, 0.3) is 0 Å². The molecule has 3 rings (SSSR count). The van der Waals surface area contributed by atoms with Crippen LogP contribution in [0.2, 0.25) is 0 Å². The second-order valence-electron chi connectivity index (χ2n) is 6.03. The summed E-state index contributed by atoms with van der Waals surface area (Å²) in [4.78, 5) is 2.43. The molecular formula is C16H26N6O. The van der Waals surface area contributed by atoms with Crippen molar-refractivity contribution in [3.8, 4) is 0 Å². The van der Waals surface area contributed by atoms with Gasteiger partial charge in [-0.25, -0.2) is 0 Å². The number of morpholine rings is 1. The van der Waals surface area contributed by atoms with Gasteiger partial charge in [-0.1, -0.05) is 0 Å². The smallest absolute Gasteiger partial charge is 0.163 e. The average Bonchev–Trinajstić information content (AvgIpc) is 3.14. The minimum absolute atomic E-state index is 0.00645. The van der Waals surface area contributed by atoms with E-state index in [1.54, 1.807) is 6.33 Å². The molecule has 0 N–H and O–H groups in total. The van der Waals surface area contributed by atoms with Gasteiger partial charge in [0.15, 0.2) is 5.82 Å². The van der Waals surface area contributed by atoms with Crippen LogP contribution in [0.3, 0.4) is 0 Å². The van der Waals surface area contributed by atoms with Gasteiger partial charge in [-0.05, 0) is 27.7 Å². The van der Waals surface area contributed by atoms with Crippen molar-refractivity contribution in [1.29, 1.82) is 0 Å². The molecule has 0 radical (unpaired) electrons. The van der Waals surface area contributed by atoms with Crippen molar-refractivity contribution >= 4 is 0 Å². The summed E-state index contributed by atoms with van der Waals surface area (Å²) in [6.07, 6.45) is 1.77. The number of hydrogen-bond donors (Lipinski definition) is 0. The van der Waals surface area contributed by atoms with Gasteiger partial charge in [0.05, 0.1) is 12.3 Å². The molecule has 1 saturated heterocycles. The molecule has 0 bridgehead atoms. The van der Waals surface area contributed by atoms with E-state index in [1.165, 1.54) is 11.3 Å². The van der Waals surface area contributed by atoms with Crippen molar-refractivity contribution in [1.82, 2.24) is 29.4 Å². The van der Waals surface area contributed by atoms with Crippen molar-refractivity contribution in [2.24, 2.45) is 0 Å². The first-order valence-corrected chi connectivity index (χ1v) is 8.38. The van der Waals surface area contributed by atoms with Crippen LogP contribution in [0.5, 0.6) is 0 Å². The Kier molecular flexibility index (Phi) is 4.77. The zero-order chi connectivity index (χ0) is 16.4. The molecule has 1 aliphatic heterocycles. The number of aromatic nitrogens is 5. The molecule has 7 heteroatoms. The minimum atomic E-state index is -0.00645. The van der Waals surface area contributed by atoms with Crippen molar-refractivity contribution in [2.45, 2.75) is 53.4 Å². The van der Waals surface area contributed by atoms with Gasteiger partial charge in [0.1, 0.15) is 12.4 Å². The summed E-state index contributed by atoms with van der Waals surface area (Å²) >= 11 is 0. The highest BCUT2D eigenvalue weighted by molar-refractivity contribution is 5.24. The molecule has 23 heavy (non-hydrogen) atoms. The van der Waals surface area contributed by atoms with E-state index in [-0.39, 0.29) is 6.10 Å². The van der Waals surface area contributed by atoms with Gasteiger partial charge < -0.3 is 9.30 Å². The van der Waals surface area contributed by atoms with Crippen molar-refractivity contribution in [3.05, 3.63) is 29.1 Å². The van der Waals surface area contributed by atoms with E-state index in [0.717, 1.165) is 50.8 Å². The summed E-state index contributed by atoms with van der Waals surface area (Å²) in [6.45, 7) is 13.7. The Hall–Kier alpha value is -1.73. The molecule has 0 aromatic carbocycles. The molecule has 0 aliphatic carbocycles. The molecule has 0 saturated carbocycles. The second kappa shape index (κ2) is 6.80. The summed E-state index contributed by atoms with van der Waals surface area (Å²) < 4.78 is 10.1. The molecule has 0 amide bonds. The van der Waals surface area contributed by atoms with Gasteiger partial charge in [0.2, 0.25) is 0 Å². The lowest BCUT2D eigenvalue weighted by Crippen LogP contribution is -2.39. The Morgan fingerprint density at radius 3 is 2.78 bits per heavy atom. The third-order valence-electron chi connectivity index (χ3n) is 4.64. The van der Waals surface area contributed by atoms with E-state index in [4.69, 9.17) is 4.74 Å². The van der Waals surface area contributed by atoms with Crippen LogP contribution in [0.15, 0.2) is 6.33 Å². The van der Waals surface area contributed by atoms with E-state index in [0.29, 0.717) is 0 Å². The zero-order valence-electron chi connectivity index (χ0n) is 14.5. The lowest BCUT2D eigenvalue weighted by Gasteiger charge is -2.32. The fourth-order valence-corrected chi connectivity index (χ4v) is 3.25. The first-order valence-electron chi connectivity index (χ1n) is 8.38. The van der Waals surface area contributed by atoms with Crippen molar-refractivity contribution in [2.75, 3.05) is 19.7 Å². The van der Waals surface area contributed by atoms with E-state index < -0.39 is 0 Å². The summed E-state index contributed by atoms with van der Waals surface area (Å²) in [6, 6.07) is 0. The largest absolute Gasteiger partial charge is 0.368 e. The Morgan fingerprint density at radius 2 is 2.09 bits per heavy atom. The summed E-state index contributed by atoms with van der Waals surface area (Å²) in [5.74, 6) is 0.926. The maximum absolute atomic E-state index is 5.93. The van der Waals surface area contributed by atoms with Gasteiger partial charge in [-0.3, -0.25) is 9.58 Å². The third kappa shape index (κ3) is 3.16. The summed E-state index contributed by atoms with van der Waals surface area (Å²) in [5.41, 5.74) is 3.73. The Balaban J connectivity index is 1.73. The second-order valence-corrected chi connectivity index (χ2v) is 6.03. The monoisotopic (exact) mass is 318 g/mol. The maximum Gasteiger partial charge on any atom is 0.163 e. The topological polar surface area (TPSA) is 61.0 Å². The van der Waals surface area contributed by atoms with E-state index in [2.05, 4.69) is 57.1 Å². The maximum atomic E-state index is 5.93. The van der Waals surface area contributed by atoms with Crippen molar-refractivity contribution in [3.63, 3.8) is 0 Å². The van der Waals surface area contributed by atoms with Crippen LogP contribution in [0.4, 0.5) is 0 Å². The van der Waals surface area contributed by atoms with Crippen molar-refractivity contribution < 1.29 is 4.74 Å². The minimum Gasteiger partial charge on any atom is -0.368 e. The fourth-order valence-electron chi connectivity index (χ4n) is 3.25.